The van der Waals surface area contributed by atoms with Crippen LogP contribution in [0.4, 0.5) is 10.5 Å². The lowest BCUT2D eigenvalue weighted by Gasteiger charge is -2.13. The molecule has 1 unspecified atom stereocenters. The molecule has 0 bridgehead atoms. The molecule has 0 radical (unpaired) electrons. The van der Waals surface area contributed by atoms with Gasteiger partial charge in [-0.15, -0.1) is 0 Å². The lowest BCUT2D eigenvalue weighted by molar-refractivity contribution is -0.125. The van der Waals surface area contributed by atoms with E-state index in [-0.39, 0.29) is 12.3 Å². The Morgan fingerprint density at radius 2 is 1.96 bits per heavy atom. The summed E-state index contributed by atoms with van der Waals surface area (Å²) >= 11 is 0. The maximum atomic E-state index is 12.4. The fourth-order valence-corrected chi connectivity index (χ4v) is 2.40. The van der Waals surface area contributed by atoms with E-state index in [1.807, 2.05) is 0 Å². The van der Waals surface area contributed by atoms with Gasteiger partial charge in [-0.05, 0) is 36.6 Å². The number of methoxy groups -OCH3 is 1. The molecule has 1 aromatic carbocycles. The predicted octanol–water partition coefficient (Wildman–Crippen LogP) is 1.67. The van der Waals surface area contributed by atoms with Crippen LogP contribution in [0.5, 0.6) is 5.75 Å². The smallest absolute Gasteiger partial charge is 0.329 e. The molecule has 1 aromatic rings. The number of urea groups is 1. The molecule has 1 saturated heterocycles. The van der Waals surface area contributed by atoms with Gasteiger partial charge in [0.25, 0.3) is 5.91 Å². The quantitative estimate of drug-likeness (QED) is 0.743. The second-order valence-electron chi connectivity index (χ2n) is 6.11. The van der Waals surface area contributed by atoms with Crippen molar-refractivity contribution < 1.29 is 19.1 Å². The Kier molecular flexibility index (Phi) is 5.78. The molecule has 4 amide bonds. The number of nitrogens with one attached hydrogen (secondary N) is 2. The molecule has 1 fully saturated rings. The number of nitrogens with zero attached hydrogens (tertiary/aromatic N) is 1. The van der Waals surface area contributed by atoms with E-state index in [0.29, 0.717) is 23.9 Å². The molecule has 7 heteroatoms. The van der Waals surface area contributed by atoms with Crippen molar-refractivity contribution >= 4 is 23.5 Å². The third-order valence-corrected chi connectivity index (χ3v) is 3.78. The van der Waals surface area contributed by atoms with Gasteiger partial charge < -0.3 is 15.4 Å². The zero-order valence-electron chi connectivity index (χ0n) is 14.2. The van der Waals surface area contributed by atoms with Gasteiger partial charge in [-0.3, -0.25) is 9.59 Å². The van der Waals surface area contributed by atoms with Crippen molar-refractivity contribution in [3.05, 3.63) is 24.3 Å². The number of hydrogen-bond donors (Lipinski definition) is 2. The second-order valence-corrected chi connectivity index (χ2v) is 6.11. The Balaban J connectivity index is 1.96. The van der Waals surface area contributed by atoms with Crippen molar-refractivity contribution in [2.75, 3.05) is 18.6 Å². The van der Waals surface area contributed by atoms with Gasteiger partial charge in [0, 0.05) is 6.54 Å². The van der Waals surface area contributed by atoms with Crippen LogP contribution in [-0.4, -0.2) is 37.5 Å². The minimum Gasteiger partial charge on any atom is -0.497 e. The number of amides is 4. The zero-order chi connectivity index (χ0) is 17.7. The fourth-order valence-electron chi connectivity index (χ4n) is 2.40. The first kappa shape index (κ1) is 17.8. The second kappa shape index (κ2) is 7.81. The number of anilines is 1. The maximum Gasteiger partial charge on any atom is 0.329 e. The summed E-state index contributed by atoms with van der Waals surface area (Å²) in [4.78, 5) is 37.4. The van der Waals surface area contributed by atoms with Crippen LogP contribution in [0.1, 0.15) is 26.7 Å². The lowest BCUT2D eigenvalue weighted by atomic mass is 10.1. The third-order valence-electron chi connectivity index (χ3n) is 3.78. The number of carbonyl (C=O) groups is 3. The molecule has 7 nitrogen and oxygen atoms in total. The summed E-state index contributed by atoms with van der Waals surface area (Å²) in [5.74, 6) is 0.450. The Bertz CT molecular complexity index is 613. The third kappa shape index (κ3) is 4.24. The highest BCUT2D eigenvalue weighted by molar-refractivity contribution is 6.22. The summed E-state index contributed by atoms with van der Waals surface area (Å²) in [5.41, 5.74) is 0.445. The van der Waals surface area contributed by atoms with E-state index in [1.165, 1.54) is 7.11 Å². The van der Waals surface area contributed by atoms with Gasteiger partial charge in [-0.1, -0.05) is 13.8 Å². The van der Waals surface area contributed by atoms with Crippen LogP contribution in [-0.2, 0) is 9.59 Å². The first-order chi connectivity index (χ1) is 11.4. The highest BCUT2D eigenvalue weighted by atomic mass is 16.5. The Labute approximate surface area is 141 Å². The number of carbonyl (C=O) groups excluding carboxylic acids is 3. The van der Waals surface area contributed by atoms with E-state index in [4.69, 9.17) is 4.74 Å². The van der Waals surface area contributed by atoms with Crippen molar-refractivity contribution in [3.63, 3.8) is 0 Å². The van der Waals surface area contributed by atoms with Crippen LogP contribution in [0.2, 0.25) is 0 Å². The van der Waals surface area contributed by atoms with Crippen molar-refractivity contribution in [1.82, 2.24) is 10.6 Å². The van der Waals surface area contributed by atoms with Gasteiger partial charge in [-0.2, -0.15) is 0 Å². The van der Waals surface area contributed by atoms with Gasteiger partial charge in [0.2, 0.25) is 5.91 Å². The molecule has 0 spiro atoms. The summed E-state index contributed by atoms with van der Waals surface area (Å²) in [6, 6.07) is 5.23. The molecule has 24 heavy (non-hydrogen) atoms. The average molecular weight is 333 g/mol. The van der Waals surface area contributed by atoms with Crippen LogP contribution in [0.15, 0.2) is 24.3 Å². The van der Waals surface area contributed by atoms with Gasteiger partial charge >= 0.3 is 6.03 Å². The van der Waals surface area contributed by atoms with E-state index < -0.39 is 18.0 Å². The van der Waals surface area contributed by atoms with E-state index in [1.54, 1.807) is 24.3 Å². The van der Waals surface area contributed by atoms with Gasteiger partial charge in [0.1, 0.15) is 11.8 Å². The molecule has 2 N–H and O–H groups in total. The molecular formula is C17H23N3O4. The van der Waals surface area contributed by atoms with E-state index in [2.05, 4.69) is 24.5 Å². The first-order valence-corrected chi connectivity index (χ1v) is 7.97. The standard InChI is InChI=1S/C17H23N3O4/c1-11(2)8-9-18-15(21)10-14-16(22)20(17(23)19-14)12-4-6-13(24-3)7-5-12/h4-7,11,14H,8-10H2,1-3H3,(H,18,21)(H,19,23). The Morgan fingerprint density at radius 3 is 2.54 bits per heavy atom. The van der Waals surface area contributed by atoms with E-state index >= 15 is 0 Å². The highest BCUT2D eigenvalue weighted by Gasteiger charge is 2.39. The van der Waals surface area contributed by atoms with Crippen molar-refractivity contribution in [3.8, 4) is 5.75 Å². The summed E-state index contributed by atoms with van der Waals surface area (Å²) in [5, 5.41) is 5.32. The lowest BCUT2D eigenvalue weighted by Crippen LogP contribution is -2.37. The fraction of sp³-hybridized carbons (Fsp3) is 0.471. The summed E-state index contributed by atoms with van der Waals surface area (Å²) < 4.78 is 5.06. The predicted molar refractivity (Wildman–Crippen MR) is 89.9 cm³/mol. The molecule has 1 aliphatic rings. The van der Waals surface area contributed by atoms with Crippen LogP contribution in [0.25, 0.3) is 0 Å². The molecule has 1 aliphatic heterocycles. The van der Waals surface area contributed by atoms with Gasteiger partial charge in [0.05, 0.1) is 19.2 Å². The number of imide groups is 1. The van der Waals surface area contributed by atoms with Gasteiger partial charge in [-0.25, -0.2) is 9.69 Å². The maximum absolute atomic E-state index is 12.4. The molecular weight excluding hydrogens is 310 g/mol. The molecule has 1 heterocycles. The van der Waals surface area contributed by atoms with Crippen molar-refractivity contribution in [1.29, 1.82) is 0 Å². The van der Waals surface area contributed by atoms with Crippen LogP contribution in [0.3, 0.4) is 0 Å². The van der Waals surface area contributed by atoms with Gasteiger partial charge in [0.15, 0.2) is 0 Å². The summed E-state index contributed by atoms with van der Waals surface area (Å²) in [6.45, 7) is 4.70. The monoisotopic (exact) mass is 333 g/mol. The Hall–Kier alpha value is -2.57. The van der Waals surface area contributed by atoms with Crippen LogP contribution < -0.4 is 20.3 Å². The number of rotatable bonds is 7. The normalized spacial score (nSPS) is 17.2. The number of hydrogen-bond acceptors (Lipinski definition) is 4. The minimum absolute atomic E-state index is 0.0602. The largest absolute Gasteiger partial charge is 0.497 e. The SMILES string of the molecule is COc1ccc(N2C(=O)NC(CC(=O)NCCC(C)C)C2=O)cc1. The molecule has 0 aromatic heterocycles. The molecule has 2 rings (SSSR count). The number of benzene rings is 1. The average Bonchev–Trinajstić information content (AvgIpc) is 2.81. The van der Waals surface area contributed by atoms with E-state index in [0.717, 1.165) is 11.3 Å². The molecule has 0 saturated carbocycles. The first-order valence-electron chi connectivity index (χ1n) is 7.97. The van der Waals surface area contributed by atoms with Crippen molar-refractivity contribution in [2.45, 2.75) is 32.7 Å². The van der Waals surface area contributed by atoms with Crippen LogP contribution >= 0.6 is 0 Å². The molecule has 130 valence electrons. The topological polar surface area (TPSA) is 87.7 Å². The molecule has 0 aliphatic carbocycles. The molecule has 1 atom stereocenters. The van der Waals surface area contributed by atoms with Crippen molar-refractivity contribution in [2.24, 2.45) is 5.92 Å². The zero-order valence-corrected chi connectivity index (χ0v) is 14.2. The van der Waals surface area contributed by atoms with E-state index in [9.17, 15) is 14.4 Å². The summed E-state index contributed by atoms with van der Waals surface area (Å²) in [7, 11) is 1.54. The van der Waals surface area contributed by atoms with Crippen LogP contribution in [0, 0.1) is 5.92 Å². The summed E-state index contributed by atoms with van der Waals surface area (Å²) in [6.07, 6.45) is 0.810. The highest BCUT2D eigenvalue weighted by Crippen LogP contribution is 2.23. The number of ether oxygens (including phenoxy) is 1. The Morgan fingerprint density at radius 1 is 1.29 bits per heavy atom. The minimum atomic E-state index is -0.835.